The van der Waals surface area contributed by atoms with Gasteiger partial charge >= 0.3 is 0 Å². The van der Waals surface area contributed by atoms with Crippen LogP contribution in [0.4, 0.5) is 5.82 Å². The zero-order valence-corrected chi connectivity index (χ0v) is 14.3. The predicted molar refractivity (Wildman–Crippen MR) is 88.0 cm³/mol. The van der Waals surface area contributed by atoms with Gasteiger partial charge in [-0.05, 0) is 78.6 Å². The third-order valence-corrected chi connectivity index (χ3v) is 6.81. The minimum absolute atomic E-state index is 0.242. The summed E-state index contributed by atoms with van der Waals surface area (Å²) < 4.78 is 0.915. The standard InChI is InChI=1S/C17H24BrN3/c1-2-3-13-14(18)15(19)21-16(20-13)17-7-10-4-11(8-17)6-12(5-10)9-17/h10-12H,2-9H2,1H3,(H2,19,20,21). The third kappa shape index (κ3) is 2.21. The summed E-state index contributed by atoms with van der Waals surface area (Å²) in [5.74, 6) is 4.45. The smallest absolute Gasteiger partial charge is 0.141 e. The molecular formula is C17H24BrN3. The second-order valence-corrected chi connectivity index (χ2v) is 8.43. The van der Waals surface area contributed by atoms with Crippen molar-refractivity contribution in [3.05, 3.63) is 16.0 Å². The van der Waals surface area contributed by atoms with E-state index < -0.39 is 0 Å². The van der Waals surface area contributed by atoms with E-state index in [4.69, 9.17) is 15.7 Å². The Bertz CT molecular complexity index is 534. The molecule has 4 bridgehead atoms. The van der Waals surface area contributed by atoms with Gasteiger partial charge in [-0.25, -0.2) is 9.97 Å². The molecule has 21 heavy (non-hydrogen) atoms. The summed E-state index contributed by atoms with van der Waals surface area (Å²) in [6.07, 6.45) is 10.3. The SMILES string of the molecule is CCCc1nc(C23CC4CC(CC(C4)C2)C3)nc(N)c1Br. The van der Waals surface area contributed by atoms with Crippen molar-refractivity contribution in [1.82, 2.24) is 9.97 Å². The van der Waals surface area contributed by atoms with E-state index in [1.807, 2.05) is 0 Å². The summed E-state index contributed by atoms with van der Waals surface area (Å²) in [6, 6.07) is 0. The molecule has 1 aromatic heterocycles. The van der Waals surface area contributed by atoms with Crippen molar-refractivity contribution in [2.24, 2.45) is 17.8 Å². The van der Waals surface area contributed by atoms with Crippen LogP contribution in [-0.4, -0.2) is 9.97 Å². The molecule has 4 fully saturated rings. The summed E-state index contributed by atoms with van der Waals surface area (Å²) in [6.45, 7) is 2.19. The van der Waals surface area contributed by atoms with Crippen LogP contribution in [0.2, 0.25) is 0 Å². The highest BCUT2D eigenvalue weighted by atomic mass is 79.9. The molecule has 1 heterocycles. The summed E-state index contributed by atoms with van der Waals surface area (Å²) in [7, 11) is 0. The topological polar surface area (TPSA) is 51.8 Å². The number of nitrogen functional groups attached to an aromatic ring is 1. The zero-order valence-electron chi connectivity index (χ0n) is 12.7. The maximum atomic E-state index is 6.17. The van der Waals surface area contributed by atoms with E-state index in [2.05, 4.69) is 22.9 Å². The van der Waals surface area contributed by atoms with Crippen molar-refractivity contribution in [3.63, 3.8) is 0 Å². The Morgan fingerprint density at radius 2 is 1.67 bits per heavy atom. The molecule has 3 nitrogen and oxygen atoms in total. The van der Waals surface area contributed by atoms with Crippen LogP contribution in [0.15, 0.2) is 4.47 Å². The zero-order chi connectivity index (χ0) is 14.6. The highest BCUT2D eigenvalue weighted by Crippen LogP contribution is 2.60. The molecule has 4 aliphatic carbocycles. The van der Waals surface area contributed by atoms with Gasteiger partial charge in [-0.3, -0.25) is 0 Å². The van der Waals surface area contributed by atoms with Gasteiger partial charge in [-0.15, -0.1) is 0 Å². The second-order valence-electron chi connectivity index (χ2n) is 7.64. The summed E-state index contributed by atoms with van der Waals surface area (Å²) in [4.78, 5) is 9.70. The lowest BCUT2D eigenvalue weighted by Gasteiger charge is -2.56. The molecule has 0 amide bonds. The quantitative estimate of drug-likeness (QED) is 0.887. The number of anilines is 1. The van der Waals surface area contributed by atoms with Gasteiger partial charge in [0.05, 0.1) is 10.2 Å². The fourth-order valence-electron chi connectivity index (χ4n) is 5.54. The fraction of sp³-hybridized carbons (Fsp3) is 0.765. The van der Waals surface area contributed by atoms with Crippen molar-refractivity contribution < 1.29 is 0 Å². The molecule has 0 radical (unpaired) electrons. The number of rotatable bonds is 3. The van der Waals surface area contributed by atoms with Gasteiger partial charge in [0.1, 0.15) is 11.6 Å². The third-order valence-electron chi connectivity index (χ3n) is 5.94. The first-order valence-electron chi connectivity index (χ1n) is 8.42. The molecule has 2 N–H and O–H groups in total. The van der Waals surface area contributed by atoms with Crippen molar-refractivity contribution in [2.75, 3.05) is 5.73 Å². The first-order valence-corrected chi connectivity index (χ1v) is 9.21. The normalized spacial score (nSPS) is 37.1. The van der Waals surface area contributed by atoms with Gasteiger partial charge < -0.3 is 5.73 Å². The fourth-order valence-corrected chi connectivity index (χ4v) is 5.91. The lowest BCUT2D eigenvalue weighted by Crippen LogP contribution is -2.49. The first-order chi connectivity index (χ1) is 10.1. The van der Waals surface area contributed by atoms with E-state index in [1.54, 1.807) is 0 Å². The van der Waals surface area contributed by atoms with E-state index >= 15 is 0 Å². The number of hydrogen-bond donors (Lipinski definition) is 1. The maximum absolute atomic E-state index is 6.17. The van der Waals surface area contributed by atoms with E-state index in [0.717, 1.165) is 46.6 Å². The molecule has 0 aromatic carbocycles. The van der Waals surface area contributed by atoms with Gasteiger partial charge in [0.15, 0.2) is 0 Å². The molecule has 4 aliphatic rings. The average molecular weight is 350 g/mol. The van der Waals surface area contributed by atoms with Crippen LogP contribution in [0.25, 0.3) is 0 Å². The van der Waals surface area contributed by atoms with E-state index in [0.29, 0.717) is 5.82 Å². The molecule has 0 spiro atoms. The van der Waals surface area contributed by atoms with Crippen LogP contribution in [-0.2, 0) is 11.8 Å². The Hall–Kier alpha value is -0.640. The van der Waals surface area contributed by atoms with Gasteiger partial charge in [0, 0.05) is 5.41 Å². The molecule has 0 atom stereocenters. The molecule has 114 valence electrons. The molecule has 0 unspecified atom stereocenters. The number of hydrogen-bond acceptors (Lipinski definition) is 3. The Labute approximate surface area is 135 Å². The van der Waals surface area contributed by atoms with Crippen LogP contribution < -0.4 is 5.73 Å². The van der Waals surface area contributed by atoms with E-state index in [1.165, 1.54) is 38.5 Å². The van der Waals surface area contributed by atoms with Crippen molar-refractivity contribution >= 4 is 21.7 Å². The van der Waals surface area contributed by atoms with Gasteiger partial charge in [0.2, 0.25) is 0 Å². The number of nitrogens with zero attached hydrogens (tertiary/aromatic N) is 2. The molecule has 4 heteroatoms. The molecule has 5 rings (SSSR count). The minimum atomic E-state index is 0.242. The Kier molecular flexibility index (Phi) is 3.29. The van der Waals surface area contributed by atoms with Crippen LogP contribution in [0.3, 0.4) is 0 Å². The first kappa shape index (κ1) is 14.0. The molecule has 1 aromatic rings. The minimum Gasteiger partial charge on any atom is -0.383 e. The highest BCUT2D eigenvalue weighted by molar-refractivity contribution is 9.10. The van der Waals surface area contributed by atoms with Crippen LogP contribution in [0, 0.1) is 17.8 Å². The van der Waals surface area contributed by atoms with Crippen LogP contribution >= 0.6 is 15.9 Å². The number of halogens is 1. The van der Waals surface area contributed by atoms with Crippen molar-refractivity contribution in [2.45, 2.75) is 63.7 Å². The van der Waals surface area contributed by atoms with Crippen molar-refractivity contribution in [3.8, 4) is 0 Å². The number of aromatic nitrogens is 2. The molecule has 0 saturated heterocycles. The Morgan fingerprint density at radius 3 is 2.19 bits per heavy atom. The van der Waals surface area contributed by atoms with Gasteiger partial charge in [-0.2, -0.15) is 0 Å². The largest absolute Gasteiger partial charge is 0.383 e. The van der Waals surface area contributed by atoms with Crippen LogP contribution in [0.1, 0.15) is 63.4 Å². The monoisotopic (exact) mass is 349 g/mol. The Balaban J connectivity index is 1.76. The van der Waals surface area contributed by atoms with E-state index in [-0.39, 0.29) is 5.41 Å². The summed E-state index contributed by atoms with van der Waals surface area (Å²) in [5.41, 5.74) is 7.52. The predicted octanol–water partition coefficient (Wildman–Crippen LogP) is 4.24. The Morgan fingerprint density at radius 1 is 1.10 bits per heavy atom. The van der Waals surface area contributed by atoms with Gasteiger partial charge in [0.25, 0.3) is 0 Å². The lowest BCUT2D eigenvalue weighted by atomic mass is 9.49. The molecular weight excluding hydrogens is 326 g/mol. The highest BCUT2D eigenvalue weighted by Gasteiger charge is 2.53. The number of aryl methyl sites for hydroxylation is 1. The van der Waals surface area contributed by atoms with Gasteiger partial charge in [-0.1, -0.05) is 13.3 Å². The van der Waals surface area contributed by atoms with Crippen LogP contribution in [0.5, 0.6) is 0 Å². The maximum Gasteiger partial charge on any atom is 0.141 e. The van der Waals surface area contributed by atoms with Crippen molar-refractivity contribution in [1.29, 1.82) is 0 Å². The molecule has 4 saturated carbocycles. The summed E-state index contributed by atoms with van der Waals surface area (Å²) >= 11 is 3.58. The second kappa shape index (κ2) is 4.94. The average Bonchev–Trinajstić information content (AvgIpc) is 2.42. The summed E-state index contributed by atoms with van der Waals surface area (Å²) in [5, 5.41) is 0. The number of nitrogens with two attached hydrogens (primary N) is 1. The molecule has 0 aliphatic heterocycles. The lowest BCUT2D eigenvalue weighted by molar-refractivity contribution is -0.00944. The van der Waals surface area contributed by atoms with E-state index in [9.17, 15) is 0 Å².